The third-order valence-corrected chi connectivity index (χ3v) is 10.3. The van der Waals surface area contributed by atoms with Gasteiger partial charge in [-0.2, -0.15) is 87.8 Å². The van der Waals surface area contributed by atoms with Gasteiger partial charge in [-0.25, -0.2) is 0 Å². The van der Waals surface area contributed by atoms with Crippen molar-refractivity contribution in [2.75, 3.05) is 11.5 Å². The Labute approximate surface area is 319 Å². The van der Waals surface area contributed by atoms with Gasteiger partial charge in [-0.1, -0.05) is 55.4 Å². The number of anilines is 2. The third-order valence-electron chi connectivity index (χ3n) is 10.3. The largest absolute Gasteiger partial charge is 0.398 e. The van der Waals surface area contributed by atoms with Gasteiger partial charge in [0.25, 0.3) is 0 Å². The molecule has 0 spiro atoms. The Bertz CT molecular complexity index is 1670. The zero-order valence-electron chi connectivity index (χ0n) is 31.7. The minimum Gasteiger partial charge on any atom is -0.398 e. The molecule has 0 bridgehead atoms. The molecule has 0 fully saturated rings. The van der Waals surface area contributed by atoms with E-state index in [1.165, 1.54) is 55.4 Å². The maximum Gasteiger partial charge on any atom is 0.385 e. The van der Waals surface area contributed by atoms with Crippen LogP contribution in [0.15, 0.2) is 24.3 Å². The first-order valence-electron chi connectivity index (χ1n) is 17.3. The molecular formula is C36H40F20N2. The molecule has 2 rings (SSSR count). The van der Waals surface area contributed by atoms with Gasteiger partial charge >= 0.3 is 59.2 Å². The minimum absolute atomic E-state index is 0.0371. The smallest absolute Gasteiger partial charge is 0.385 e. The molecule has 0 saturated carbocycles. The maximum absolute atomic E-state index is 15.3. The number of benzene rings is 2. The Balaban J connectivity index is 2.86. The number of hydrogen-bond donors (Lipinski definition) is 2. The molecule has 2 aromatic rings. The Morgan fingerprint density at radius 1 is 0.362 bits per heavy atom. The molecule has 0 aliphatic carbocycles. The van der Waals surface area contributed by atoms with Gasteiger partial charge in [0.05, 0.1) is 0 Å². The predicted molar refractivity (Wildman–Crippen MR) is 175 cm³/mol. The molecule has 2 nitrogen and oxygen atoms in total. The number of hydrogen-bond acceptors (Lipinski definition) is 2. The van der Waals surface area contributed by atoms with Crippen molar-refractivity contribution in [3.63, 3.8) is 0 Å². The van der Waals surface area contributed by atoms with Crippen LogP contribution in [0.4, 0.5) is 99.2 Å². The second-order valence-electron chi connectivity index (χ2n) is 14.8. The van der Waals surface area contributed by atoms with E-state index in [9.17, 15) is 52.7 Å². The molecule has 2 aromatic carbocycles. The first kappa shape index (κ1) is 50.8. The molecule has 58 heavy (non-hydrogen) atoms. The molecule has 0 aromatic heterocycles. The molecule has 0 aliphatic heterocycles. The molecule has 0 saturated heterocycles. The van der Waals surface area contributed by atoms with Crippen LogP contribution in [0.3, 0.4) is 0 Å². The van der Waals surface area contributed by atoms with Crippen LogP contribution >= 0.6 is 0 Å². The highest BCUT2D eigenvalue weighted by molar-refractivity contribution is 5.60. The summed E-state index contributed by atoms with van der Waals surface area (Å²) in [5.74, 6) is -87.4. The lowest BCUT2D eigenvalue weighted by Gasteiger charge is -2.45. The average molecular weight is 881 g/mol. The van der Waals surface area contributed by atoms with Crippen molar-refractivity contribution in [3.05, 3.63) is 57.6 Å². The van der Waals surface area contributed by atoms with Gasteiger partial charge in [-0.15, -0.1) is 0 Å². The molecule has 4 N–H and O–H groups in total. The standard InChI is InChI=1S/C36H40F20N2/c1-9-17(7)23-13-19(11-21(15(3)4)25(23)57)27(37,38)29(41,42)31(45,46)33(49,50)35(53,54)36(55,56)34(51,52)32(47,48)30(43,44)28(39,40)20-12-22(16(5)6)26(58)24(14-20)18(8)10-2/h11-18H,9-10,57-58H2,1-8H3. The first-order valence-corrected chi connectivity index (χ1v) is 17.3. The zero-order valence-corrected chi connectivity index (χ0v) is 31.7. The van der Waals surface area contributed by atoms with E-state index in [2.05, 4.69) is 0 Å². The van der Waals surface area contributed by atoms with Crippen molar-refractivity contribution in [1.82, 2.24) is 0 Å². The SMILES string of the molecule is CCC(C)c1cc(C(F)(F)C(F)(F)C(F)(F)C(F)(F)C(F)(F)C(F)(F)C(F)(F)C(F)(F)C(F)(F)C(F)(F)c2cc(C(C)C)c(N)c(C(C)CC)c2)cc(C(C)C)c1N. The van der Waals surface area contributed by atoms with Gasteiger partial charge in [0.1, 0.15) is 0 Å². The minimum atomic E-state index is -9.14. The number of nitrogen functional groups attached to an aromatic ring is 2. The summed E-state index contributed by atoms with van der Waals surface area (Å²) >= 11 is 0. The Hall–Kier alpha value is -3.36. The summed E-state index contributed by atoms with van der Waals surface area (Å²) < 4.78 is 300. The normalized spacial score (nSPS) is 16.0. The van der Waals surface area contributed by atoms with Crippen LogP contribution < -0.4 is 11.5 Å². The summed E-state index contributed by atoms with van der Waals surface area (Å²) in [5.41, 5.74) is 4.02. The molecule has 0 heterocycles. The molecule has 2 atom stereocenters. The van der Waals surface area contributed by atoms with Gasteiger partial charge in [-0.05, 0) is 83.0 Å². The fourth-order valence-corrected chi connectivity index (χ4v) is 5.91. The van der Waals surface area contributed by atoms with E-state index < -0.39 is 128 Å². The zero-order chi connectivity index (χ0) is 46.2. The molecule has 2 unspecified atom stereocenters. The van der Waals surface area contributed by atoms with Crippen molar-refractivity contribution >= 4 is 11.4 Å². The number of alkyl halides is 20. The van der Waals surface area contributed by atoms with Crippen LogP contribution in [0.25, 0.3) is 0 Å². The number of halogens is 20. The Kier molecular flexibility index (Phi) is 13.4. The van der Waals surface area contributed by atoms with Gasteiger partial charge in [-0.3, -0.25) is 0 Å². The molecular weight excluding hydrogens is 840 g/mol. The highest BCUT2D eigenvalue weighted by atomic mass is 19.4. The maximum atomic E-state index is 15.3. The van der Waals surface area contributed by atoms with Gasteiger partial charge in [0, 0.05) is 22.5 Å². The van der Waals surface area contributed by atoms with E-state index in [1.54, 1.807) is 0 Å². The number of rotatable bonds is 17. The fraction of sp³-hybridized carbons (Fsp3) is 0.667. The molecule has 22 heteroatoms. The van der Waals surface area contributed by atoms with E-state index in [-0.39, 0.29) is 37.1 Å². The van der Waals surface area contributed by atoms with Crippen LogP contribution in [-0.2, 0) is 11.8 Å². The van der Waals surface area contributed by atoms with Crippen LogP contribution in [0, 0.1) is 0 Å². The summed E-state index contributed by atoms with van der Waals surface area (Å²) in [6.45, 7) is 9.89. The van der Waals surface area contributed by atoms with E-state index in [1.807, 2.05) is 0 Å². The molecule has 0 radical (unpaired) electrons. The Morgan fingerprint density at radius 3 is 0.741 bits per heavy atom. The van der Waals surface area contributed by atoms with Gasteiger partial charge in [0.15, 0.2) is 0 Å². The van der Waals surface area contributed by atoms with Gasteiger partial charge < -0.3 is 11.5 Å². The van der Waals surface area contributed by atoms with Crippen LogP contribution in [-0.4, -0.2) is 47.4 Å². The summed E-state index contributed by atoms with van der Waals surface area (Å²) in [5, 5.41) is 0. The van der Waals surface area contributed by atoms with Crippen molar-refractivity contribution in [1.29, 1.82) is 0 Å². The van der Waals surface area contributed by atoms with Crippen LogP contribution in [0.1, 0.15) is 125 Å². The summed E-state index contributed by atoms with van der Waals surface area (Å²) in [7, 11) is 0. The predicted octanol–water partition coefficient (Wildman–Crippen LogP) is 14.1. The fourth-order valence-electron chi connectivity index (χ4n) is 5.91. The Morgan fingerprint density at radius 2 is 0.552 bits per heavy atom. The lowest BCUT2D eigenvalue weighted by atomic mass is 9.81. The van der Waals surface area contributed by atoms with E-state index in [0.29, 0.717) is 0 Å². The van der Waals surface area contributed by atoms with Crippen LogP contribution in [0.5, 0.6) is 0 Å². The van der Waals surface area contributed by atoms with E-state index in [0.717, 1.165) is 0 Å². The second kappa shape index (κ2) is 15.3. The second-order valence-corrected chi connectivity index (χ2v) is 14.8. The van der Waals surface area contributed by atoms with Crippen molar-refractivity contribution in [2.45, 2.75) is 151 Å². The first-order chi connectivity index (χ1) is 25.6. The molecule has 334 valence electrons. The highest BCUT2D eigenvalue weighted by Crippen LogP contribution is 2.68. The average Bonchev–Trinajstić information content (AvgIpc) is 3.09. The van der Waals surface area contributed by atoms with Crippen molar-refractivity contribution < 1.29 is 87.8 Å². The highest BCUT2D eigenvalue weighted by Gasteiger charge is 2.97. The quantitative estimate of drug-likeness (QED) is 0.123. The lowest BCUT2D eigenvalue weighted by molar-refractivity contribution is -0.470. The summed E-state index contributed by atoms with van der Waals surface area (Å²) in [6.07, 6.45) is -0.0743. The van der Waals surface area contributed by atoms with Crippen molar-refractivity contribution in [2.24, 2.45) is 0 Å². The number of nitrogens with two attached hydrogens (primary N) is 2. The van der Waals surface area contributed by atoms with Crippen molar-refractivity contribution in [3.8, 4) is 0 Å². The van der Waals surface area contributed by atoms with Gasteiger partial charge in [0.2, 0.25) is 0 Å². The monoisotopic (exact) mass is 880 g/mol. The molecule has 0 aliphatic rings. The molecule has 0 amide bonds. The lowest BCUT2D eigenvalue weighted by Crippen LogP contribution is -2.76. The third kappa shape index (κ3) is 7.00. The summed E-state index contributed by atoms with van der Waals surface area (Å²) in [4.78, 5) is 0. The summed E-state index contributed by atoms with van der Waals surface area (Å²) in [6, 6.07) is -0.208. The van der Waals surface area contributed by atoms with E-state index >= 15 is 35.1 Å². The van der Waals surface area contributed by atoms with E-state index in [4.69, 9.17) is 11.5 Å². The topological polar surface area (TPSA) is 52.0 Å². The van der Waals surface area contributed by atoms with Crippen LogP contribution in [0.2, 0.25) is 0 Å².